The van der Waals surface area contributed by atoms with E-state index in [4.69, 9.17) is 15.2 Å². The quantitative estimate of drug-likeness (QED) is 0.209. The number of nitrogens with two attached hydrogens (primary N) is 1. The van der Waals surface area contributed by atoms with Crippen LogP contribution in [0.25, 0.3) is 0 Å². The molecule has 7 nitrogen and oxygen atoms in total. The average molecular weight is 374 g/mol. The van der Waals surface area contributed by atoms with Crippen LogP contribution in [0.1, 0.15) is 57.8 Å². The summed E-state index contributed by atoms with van der Waals surface area (Å²) in [5.74, 6) is 0.228. The van der Waals surface area contributed by atoms with Gasteiger partial charge in [0.25, 0.3) is 0 Å². The second-order valence-electron chi connectivity index (χ2n) is 6.72. The normalized spacial score (nSPS) is 17.4. The van der Waals surface area contributed by atoms with Gasteiger partial charge < -0.3 is 15.2 Å². The van der Waals surface area contributed by atoms with Crippen molar-refractivity contribution in [1.29, 1.82) is 5.26 Å². The number of pyridine rings is 1. The highest BCUT2D eigenvalue weighted by atomic mass is 16.7. The Morgan fingerprint density at radius 1 is 1.22 bits per heavy atom. The molecule has 2 N–H and O–H groups in total. The van der Waals surface area contributed by atoms with Crippen molar-refractivity contribution in [2.75, 3.05) is 19.8 Å². The molecule has 1 saturated heterocycles. The molecule has 0 bridgehead atoms. The van der Waals surface area contributed by atoms with E-state index in [0.29, 0.717) is 12.2 Å². The first-order chi connectivity index (χ1) is 13.3. The highest BCUT2D eigenvalue weighted by Gasteiger charge is 2.13. The van der Waals surface area contributed by atoms with Crippen LogP contribution in [0, 0.1) is 11.5 Å². The standard InChI is InChI=1S/C20H31N5O2/c21-17-25(20(22)24-18-10-12-23-13-11-18)14-6-3-1-2-4-7-15-26-19-9-5-8-16-27-19/h10-13,19H,1-9,14-16H2,(H2,22,23,24). The lowest BCUT2D eigenvalue weighted by molar-refractivity contribution is -0.162. The summed E-state index contributed by atoms with van der Waals surface area (Å²) in [4.78, 5) is 9.63. The second-order valence-corrected chi connectivity index (χ2v) is 6.72. The zero-order valence-electron chi connectivity index (χ0n) is 16.1. The third-order valence-electron chi connectivity index (χ3n) is 4.52. The van der Waals surface area contributed by atoms with Gasteiger partial charge in [-0.15, -0.1) is 0 Å². The molecule has 148 valence electrons. The number of unbranched alkanes of at least 4 members (excludes halogenated alkanes) is 5. The minimum atomic E-state index is 0.0231. The number of rotatable bonds is 11. The minimum absolute atomic E-state index is 0.0231. The fourth-order valence-corrected chi connectivity index (χ4v) is 2.96. The number of hydrogen-bond donors (Lipinski definition) is 1. The Morgan fingerprint density at radius 2 is 1.96 bits per heavy atom. The number of guanidine groups is 1. The van der Waals surface area contributed by atoms with Gasteiger partial charge in [-0.2, -0.15) is 5.26 Å². The molecule has 0 spiro atoms. The van der Waals surface area contributed by atoms with Crippen molar-refractivity contribution in [3.63, 3.8) is 0 Å². The largest absolute Gasteiger partial charge is 0.369 e. The first-order valence-corrected chi connectivity index (χ1v) is 9.94. The molecule has 27 heavy (non-hydrogen) atoms. The monoisotopic (exact) mass is 373 g/mol. The molecule has 7 heteroatoms. The number of aromatic nitrogens is 1. The maximum Gasteiger partial charge on any atom is 0.209 e. The van der Waals surface area contributed by atoms with Crippen LogP contribution in [0.4, 0.5) is 5.69 Å². The van der Waals surface area contributed by atoms with Gasteiger partial charge in [-0.05, 0) is 44.2 Å². The number of nitrogens with zero attached hydrogens (tertiary/aromatic N) is 4. The third kappa shape index (κ3) is 8.85. The SMILES string of the molecule is N#CN(CCCCCCCCOC1CCCCO1)C(N)=Nc1ccncc1. The summed E-state index contributed by atoms with van der Waals surface area (Å²) < 4.78 is 11.3. The van der Waals surface area contributed by atoms with E-state index in [1.165, 1.54) is 24.2 Å². The summed E-state index contributed by atoms with van der Waals surface area (Å²) in [6.45, 7) is 2.22. The van der Waals surface area contributed by atoms with Crippen LogP contribution in [0.15, 0.2) is 29.5 Å². The minimum Gasteiger partial charge on any atom is -0.369 e. The van der Waals surface area contributed by atoms with Crippen LogP contribution in [0.5, 0.6) is 0 Å². The Hall–Kier alpha value is -2.17. The van der Waals surface area contributed by atoms with E-state index in [0.717, 1.165) is 51.7 Å². The summed E-state index contributed by atoms with van der Waals surface area (Å²) in [7, 11) is 0. The van der Waals surface area contributed by atoms with Crippen molar-refractivity contribution in [2.45, 2.75) is 64.1 Å². The van der Waals surface area contributed by atoms with E-state index in [-0.39, 0.29) is 12.2 Å². The maximum atomic E-state index is 9.26. The van der Waals surface area contributed by atoms with Crippen molar-refractivity contribution in [3.05, 3.63) is 24.5 Å². The molecule has 0 radical (unpaired) electrons. The fourth-order valence-electron chi connectivity index (χ4n) is 2.96. The Labute approximate surface area is 162 Å². The molecule has 1 aromatic heterocycles. The Balaban J connectivity index is 1.50. The van der Waals surface area contributed by atoms with Crippen LogP contribution < -0.4 is 5.73 Å². The summed E-state index contributed by atoms with van der Waals surface area (Å²) in [5, 5.41) is 9.26. The molecule has 2 heterocycles. The molecule has 1 fully saturated rings. The van der Waals surface area contributed by atoms with E-state index in [1.807, 2.05) is 0 Å². The zero-order valence-corrected chi connectivity index (χ0v) is 16.1. The average Bonchev–Trinajstić information content (AvgIpc) is 2.71. The lowest BCUT2D eigenvalue weighted by Gasteiger charge is -2.22. The van der Waals surface area contributed by atoms with Gasteiger partial charge in [0.1, 0.15) is 0 Å². The molecule has 0 saturated carbocycles. The number of hydrogen-bond acceptors (Lipinski definition) is 5. The van der Waals surface area contributed by atoms with Crippen molar-refractivity contribution in [2.24, 2.45) is 10.7 Å². The summed E-state index contributed by atoms with van der Waals surface area (Å²) in [6, 6.07) is 3.51. The van der Waals surface area contributed by atoms with Crippen molar-refractivity contribution < 1.29 is 9.47 Å². The molecule has 2 rings (SSSR count). The molecule has 1 aliphatic heterocycles. The zero-order chi connectivity index (χ0) is 19.2. The Morgan fingerprint density at radius 3 is 2.67 bits per heavy atom. The lowest BCUT2D eigenvalue weighted by Crippen LogP contribution is -2.34. The van der Waals surface area contributed by atoms with Crippen LogP contribution >= 0.6 is 0 Å². The summed E-state index contributed by atoms with van der Waals surface area (Å²) in [5.41, 5.74) is 6.62. The van der Waals surface area contributed by atoms with Crippen LogP contribution in [-0.2, 0) is 9.47 Å². The predicted molar refractivity (Wildman–Crippen MR) is 105 cm³/mol. The Bertz CT molecular complexity index is 582. The van der Waals surface area contributed by atoms with E-state index < -0.39 is 0 Å². The van der Waals surface area contributed by atoms with Crippen LogP contribution in [0.3, 0.4) is 0 Å². The van der Waals surface area contributed by atoms with Crippen LogP contribution in [-0.4, -0.2) is 41.9 Å². The molecular formula is C20H31N5O2. The molecule has 1 atom stereocenters. The maximum absolute atomic E-state index is 9.26. The fraction of sp³-hybridized carbons (Fsp3) is 0.650. The van der Waals surface area contributed by atoms with Crippen molar-refractivity contribution in [1.82, 2.24) is 9.88 Å². The highest BCUT2D eigenvalue weighted by Crippen LogP contribution is 2.15. The summed E-state index contributed by atoms with van der Waals surface area (Å²) >= 11 is 0. The smallest absolute Gasteiger partial charge is 0.209 e. The molecular weight excluding hydrogens is 342 g/mol. The number of nitriles is 1. The van der Waals surface area contributed by atoms with Crippen molar-refractivity contribution >= 4 is 11.6 Å². The number of aliphatic imine (C=N–C) groups is 1. The van der Waals surface area contributed by atoms with Gasteiger partial charge in [0.2, 0.25) is 5.96 Å². The van der Waals surface area contributed by atoms with Gasteiger partial charge in [0.15, 0.2) is 12.5 Å². The number of ether oxygens (including phenoxy) is 2. The molecule has 0 aromatic carbocycles. The predicted octanol–water partition coefficient (Wildman–Crippen LogP) is 3.69. The highest BCUT2D eigenvalue weighted by molar-refractivity contribution is 5.82. The van der Waals surface area contributed by atoms with E-state index >= 15 is 0 Å². The third-order valence-corrected chi connectivity index (χ3v) is 4.52. The van der Waals surface area contributed by atoms with E-state index in [2.05, 4.69) is 16.2 Å². The first-order valence-electron chi connectivity index (χ1n) is 9.94. The first kappa shape index (κ1) is 21.1. The van der Waals surface area contributed by atoms with Gasteiger partial charge in [0, 0.05) is 32.2 Å². The molecule has 1 aromatic rings. The molecule has 0 amide bonds. The second kappa shape index (κ2) is 13.1. The molecule has 1 aliphatic rings. The van der Waals surface area contributed by atoms with Gasteiger partial charge >= 0.3 is 0 Å². The summed E-state index contributed by atoms with van der Waals surface area (Å²) in [6.07, 6.45) is 15.4. The topological polar surface area (TPSA) is 96.8 Å². The van der Waals surface area contributed by atoms with E-state index in [1.54, 1.807) is 24.5 Å². The molecule has 1 unspecified atom stereocenters. The van der Waals surface area contributed by atoms with Gasteiger partial charge in [-0.3, -0.25) is 4.98 Å². The van der Waals surface area contributed by atoms with E-state index in [9.17, 15) is 5.26 Å². The van der Waals surface area contributed by atoms with Gasteiger partial charge in [-0.25, -0.2) is 9.89 Å². The van der Waals surface area contributed by atoms with Crippen LogP contribution in [0.2, 0.25) is 0 Å². The van der Waals surface area contributed by atoms with Gasteiger partial charge in [0.05, 0.1) is 5.69 Å². The lowest BCUT2D eigenvalue weighted by atomic mass is 10.1. The van der Waals surface area contributed by atoms with Crippen molar-refractivity contribution in [3.8, 4) is 6.19 Å². The molecule has 0 aliphatic carbocycles. The Kier molecular flexibility index (Phi) is 10.2. The van der Waals surface area contributed by atoms with Gasteiger partial charge in [-0.1, -0.05) is 25.7 Å².